The van der Waals surface area contributed by atoms with Crippen LogP contribution in [0, 0.1) is 6.92 Å². The molecule has 28 heavy (non-hydrogen) atoms. The number of nitrogens with two attached hydrogens (primary N) is 1. The van der Waals surface area contributed by atoms with Gasteiger partial charge in [0.15, 0.2) is 5.82 Å². The molecule has 2 aliphatic heterocycles. The summed E-state index contributed by atoms with van der Waals surface area (Å²) in [5.41, 5.74) is 10.3. The molecule has 1 saturated heterocycles. The molecule has 0 radical (unpaired) electrons. The van der Waals surface area contributed by atoms with E-state index in [0.29, 0.717) is 32.0 Å². The van der Waals surface area contributed by atoms with Crippen LogP contribution in [0.2, 0.25) is 0 Å². The molecular weight excluding hydrogens is 358 g/mol. The number of rotatable bonds is 2. The number of nitrogens with zero attached hydrogens (tertiary/aromatic N) is 4. The van der Waals surface area contributed by atoms with Crippen molar-refractivity contribution in [1.82, 2.24) is 14.9 Å². The molecule has 1 fully saturated rings. The van der Waals surface area contributed by atoms with Gasteiger partial charge in [-0.2, -0.15) is 0 Å². The third-order valence-corrected chi connectivity index (χ3v) is 5.48. The van der Waals surface area contributed by atoms with E-state index in [4.69, 9.17) is 20.4 Å². The van der Waals surface area contributed by atoms with Crippen molar-refractivity contribution < 1.29 is 14.6 Å². The molecule has 0 saturated carbocycles. The summed E-state index contributed by atoms with van der Waals surface area (Å²) < 4.78 is 5.58. The van der Waals surface area contributed by atoms with Crippen LogP contribution in [0.25, 0.3) is 11.4 Å². The first-order chi connectivity index (χ1) is 13.4. The zero-order valence-electron chi connectivity index (χ0n) is 16.2. The lowest BCUT2D eigenvalue weighted by Gasteiger charge is -2.37. The molecule has 1 aromatic carbocycles. The van der Waals surface area contributed by atoms with E-state index in [0.717, 1.165) is 40.4 Å². The number of nitrogen functional groups attached to an aromatic ring is 1. The summed E-state index contributed by atoms with van der Waals surface area (Å²) in [6.45, 7) is 6.86. The molecule has 1 amide bonds. The number of ether oxygens (including phenoxy) is 1. The van der Waals surface area contributed by atoms with Crippen LogP contribution in [-0.2, 0) is 17.7 Å². The van der Waals surface area contributed by atoms with E-state index in [2.05, 4.69) is 11.8 Å². The second-order valence-corrected chi connectivity index (χ2v) is 7.44. The van der Waals surface area contributed by atoms with E-state index in [9.17, 15) is 9.90 Å². The maximum atomic E-state index is 11.5. The summed E-state index contributed by atoms with van der Waals surface area (Å²) >= 11 is 0. The maximum Gasteiger partial charge on any atom is 0.407 e. The number of hydrogen-bond donors (Lipinski definition) is 2. The number of amides is 1. The van der Waals surface area contributed by atoms with Crippen molar-refractivity contribution in [2.45, 2.75) is 32.9 Å². The number of fused-ring (bicyclic) bond motifs is 1. The van der Waals surface area contributed by atoms with Gasteiger partial charge in [-0.05, 0) is 44.0 Å². The smallest absolute Gasteiger partial charge is 0.407 e. The molecule has 8 heteroatoms. The van der Waals surface area contributed by atoms with Crippen molar-refractivity contribution in [2.75, 3.05) is 36.9 Å². The molecule has 3 heterocycles. The highest BCUT2D eigenvalue weighted by atomic mass is 16.5. The highest BCUT2D eigenvalue weighted by Gasteiger charge is 2.30. The van der Waals surface area contributed by atoms with E-state index < -0.39 is 6.09 Å². The van der Waals surface area contributed by atoms with Crippen LogP contribution in [0.15, 0.2) is 18.2 Å². The fraction of sp³-hybridized carbons (Fsp3) is 0.450. The number of anilines is 2. The Labute approximate surface area is 163 Å². The Balaban J connectivity index is 1.83. The summed E-state index contributed by atoms with van der Waals surface area (Å²) in [6, 6.07) is 5.94. The standard InChI is InChI=1S/C20H25N5O3/c1-12-9-14(3-4-16(12)21)18-22-17-10-24(20(26)27)6-5-15(17)19(23-18)25-7-8-28-11-13(25)2/h3-4,9,13H,5-8,10-11,21H2,1-2H3,(H,26,27). The SMILES string of the molecule is Cc1cc(-c2nc3c(c(N4CCOCC4C)n2)CCN(C(=O)O)C3)ccc1N. The molecule has 1 atom stereocenters. The Bertz CT molecular complexity index is 917. The van der Waals surface area contributed by atoms with Crippen molar-refractivity contribution in [2.24, 2.45) is 0 Å². The average molecular weight is 383 g/mol. The fourth-order valence-electron chi connectivity index (χ4n) is 3.80. The van der Waals surface area contributed by atoms with Crippen LogP contribution in [0.4, 0.5) is 16.3 Å². The second-order valence-electron chi connectivity index (χ2n) is 7.44. The predicted octanol–water partition coefficient (Wildman–Crippen LogP) is 2.30. The molecular formula is C20H25N5O3. The minimum Gasteiger partial charge on any atom is -0.465 e. The van der Waals surface area contributed by atoms with Crippen molar-refractivity contribution in [1.29, 1.82) is 0 Å². The Hall–Kier alpha value is -2.87. The molecule has 2 aromatic rings. The maximum absolute atomic E-state index is 11.5. The van der Waals surface area contributed by atoms with E-state index in [1.54, 1.807) is 0 Å². The molecule has 8 nitrogen and oxygen atoms in total. The molecule has 1 aromatic heterocycles. The van der Waals surface area contributed by atoms with Gasteiger partial charge in [0.2, 0.25) is 0 Å². The van der Waals surface area contributed by atoms with E-state index in [1.165, 1.54) is 4.90 Å². The van der Waals surface area contributed by atoms with Gasteiger partial charge in [0.1, 0.15) is 5.82 Å². The van der Waals surface area contributed by atoms with Gasteiger partial charge in [-0.15, -0.1) is 0 Å². The number of aryl methyl sites for hydroxylation is 1. The Morgan fingerprint density at radius 1 is 1.32 bits per heavy atom. The summed E-state index contributed by atoms with van der Waals surface area (Å²) in [5, 5.41) is 9.42. The Kier molecular flexibility index (Phi) is 4.80. The Morgan fingerprint density at radius 2 is 2.14 bits per heavy atom. The zero-order chi connectivity index (χ0) is 19.8. The summed E-state index contributed by atoms with van der Waals surface area (Å²) in [4.78, 5) is 24.8. The van der Waals surface area contributed by atoms with Gasteiger partial charge in [0, 0.05) is 29.9 Å². The van der Waals surface area contributed by atoms with Crippen LogP contribution in [-0.4, -0.2) is 58.4 Å². The number of carboxylic acid groups (broad SMARTS) is 1. The van der Waals surface area contributed by atoms with Crippen LogP contribution in [0.3, 0.4) is 0 Å². The number of aromatic nitrogens is 2. The van der Waals surface area contributed by atoms with Gasteiger partial charge in [-0.25, -0.2) is 14.8 Å². The average Bonchev–Trinajstić information content (AvgIpc) is 2.69. The van der Waals surface area contributed by atoms with Gasteiger partial charge in [-0.1, -0.05) is 0 Å². The highest BCUT2D eigenvalue weighted by molar-refractivity contribution is 5.68. The lowest BCUT2D eigenvalue weighted by molar-refractivity contribution is 0.0983. The normalized spacial score (nSPS) is 19.4. The van der Waals surface area contributed by atoms with Crippen LogP contribution >= 0.6 is 0 Å². The third kappa shape index (κ3) is 3.35. The van der Waals surface area contributed by atoms with Crippen molar-refractivity contribution >= 4 is 17.6 Å². The van der Waals surface area contributed by atoms with Crippen molar-refractivity contribution in [3.05, 3.63) is 35.0 Å². The molecule has 0 aliphatic carbocycles. The molecule has 1 unspecified atom stereocenters. The lowest BCUT2D eigenvalue weighted by Crippen LogP contribution is -2.45. The minimum absolute atomic E-state index is 0.200. The first-order valence-corrected chi connectivity index (χ1v) is 9.52. The molecule has 4 rings (SSSR count). The quantitative estimate of drug-likeness (QED) is 0.767. The monoisotopic (exact) mass is 383 g/mol. The first-order valence-electron chi connectivity index (χ1n) is 9.52. The minimum atomic E-state index is -0.921. The van der Waals surface area contributed by atoms with Crippen molar-refractivity contribution in [3.63, 3.8) is 0 Å². The predicted molar refractivity (Wildman–Crippen MR) is 106 cm³/mol. The highest BCUT2D eigenvalue weighted by Crippen LogP contribution is 2.32. The second kappa shape index (κ2) is 7.27. The van der Waals surface area contributed by atoms with Gasteiger partial charge in [0.05, 0.1) is 31.5 Å². The zero-order valence-corrected chi connectivity index (χ0v) is 16.2. The van der Waals surface area contributed by atoms with Gasteiger partial charge < -0.3 is 25.4 Å². The first kappa shape index (κ1) is 18.5. The lowest BCUT2D eigenvalue weighted by atomic mass is 10.0. The summed E-state index contributed by atoms with van der Waals surface area (Å²) in [6.07, 6.45) is -0.308. The van der Waals surface area contributed by atoms with Crippen molar-refractivity contribution in [3.8, 4) is 11.4 Å². The van der Waals surface area contributed by atoms with Crippen LogP contribution in [0.1, 0.15) is 23.7 Å². The Morgan fingerprint density at radius 3 is 2.86 bits per heavy atom. The number of carbonyl (C=O) groups is 1. The van der Waals surface area contributed by atoms with Gasteiger partial charge >= 0.3 is 6.09 Å². The largest absolute Gasteiger partial charge is 0.465 e. The molecule has 0 bridgehead atoms. The molecule has 148 valence electrons. The van der Waals surface area contributed by atoms with Crippen LogP contribution < -0.4 is 10.6 Å². The van der Waals surface area contributed by atoms with E-state index in [1.807, 2.05) is 25.1 Å². The topological polar surface area (TPSA) is 105 Å². The molecule has 3 N–H and O–H groups in total. The summed E-state index contributed by atoms with van der Waals surface area (Å²) in [5.74, 6) is 1.50. The molecule has 2 aliphatic rings. The third-order valence-electron chi connectivity index (χ3n) is 5.48. The van der Waals surface area contributed by atoms with Gasteiger partial charge in [-0.3, -0.25) is 0 Å². The number of morpholine rings is 1. The molecule has 0 spiro atoms. The summed E-state index contributed by atoms with van der Waals surface area (Å²) in [7, 11) is 0. The van der Waals surface area contributed by atoms with E-state index >= 15 is 0 Å². The number of hydrogen-bond acceptors (Lipinski definition) is 6. The number of benzene rings is 1. The fourth-order valence-corrected chi connectivity index (χ4v) is 3.80. The van der Waals surface area contributed by atoms with Gasteiger partial charge in [0.25, 0.3) is 0 Å². The van der Waals surface area contributed by atoms with Crippen LogP contribution in [0.5, 0.6) is 0 Å². The van der Waals surface area contributed by atoms with E-state index in [-0.39, 0.29) is 12.6 Å².